The Morgan fingerprint density at radius 2 is 0.964 bits per heavy atom. The van der Waals surface area contributed by atoms with Gasteiger partial charge < -0.3 is 4.42 Å². The average molecular weight is 716 g/mol. The number of benzene rings is 8. The van der Waals surface area contributed by atoms with Crippen molar-refractivity contribution in [2.24, 2.45) is 0 Å². The van der Waals surface area contributed by atoms with Crippen LogP contribution in [0, 0.1) is 0 Å². The molecule has 0 saturated heterocycles. The number of aromatic nitrogens is 3. The first-order valence-corrected chi connectivity index (χ1v) is 18.9. The van der Waals surface area contributed by atoms with E-state index in [1.165, 1.54) is 0 Å². The molecular weight excluding hydrogens is 683 g/mol. The molecule has 0 unspecified atom stereocenters. The van der Waals surface area contributed by atoms with Crippen LogP contribution in [-0.2, 0) is 0 Å². The molecule has 0 spiro atoms. The van der Waals surface area contributed by atoms with E-state index in [1.807, 2.05) is 24.3 Å². The number of rotatable bonds is 6. The van der Waals surface area contributed by atoms with E-state index in [1.54, 1.807) is 0 Å². The summed E-state index contributed by atoms with van der Waals surface area (Å²) in [6, 6.07) is 70.2. The summed E-state index contributed by atoms with van der Waals surface area (Å²) in [4.78, 5) is 10.7. The molecule has 11 rings (SSSR count). The summed E-state index contributed by atoms with van der Waals surface area (Å²) in [6.07, 6.45) is 0. The van der Waals surface area contributed by atoms with Crippen molar-refractivity contribution in [3.05, 3.63) is 200 Å². The van der Waals surface area contributed by atoms with Crippen molar-refractivity contribution < 1.29 is 4.42 Å². The van der Waals surface area contributed by atoms with Gasteiger partial charge in [-0.1, -0.05) is 164 Å². The second-order valence-corrected chi connectivity index (χ2v) is 14.2. The molecule has 11 aromatic rings. The van der Waals surface area contributed by atoms with Crippen LogP contribution >= 0.6 is 0 Å². The largest absolute Gasteiger partial charge is 0.455 e. The van der Waals surface area contributed by atoms with Crippen LogP contribution < -0.4 is 0 Å². The van der Waals surface area contributed by atoms with Crippen LogP contribution in [0.3, 0.4) is 0 Å². The SMILES string of the molecule is c1ccc(-c2nc(-c3cccc(-c4cccc(-c5ccc(-c6cccc7c6oc6ccccc67)cc5)c4)c3)nc3c2c2ccccc2n3-c2ccccc2)cc1. The van der Waals surface area contributed by atoms with Gasteiger partial charge in [-0.15, -0.1) is 0 Å². The maximum atomic E-state index is 6.34. The molecule has 0 fully saturated rings. The zero-order valence-electron chi connectivity index (χ0n) is 30.3. The van der Waals surface area contributed by atoms with E-state index in [4.69, 9.17) is 14.4 Å². The number of fused-ring (bicyclic) bond motifs is 6. The van der Waals surface area contributed by atoms with Crippen molar-refractivity contribution >= 4 is 43.9 Å². The zero-order valence-corrected chi connectivity index (χ0v) is 30.3. The Balaban J connectivity index is 0.995. The second-order valence-electron chi connectivity index (χ2n) is 14.2. The zero-order chi connectivity index (χ0) is 37.0. The Morgan fingerprint density at radius 1 is 0.393 bits per heavy atom. The lowest BCUT2D eigenvalue weighted by Gasteiger charge is -2.12. The van der Waals surface area contributed by atoms with Crippen molar-refractivity contribution in [1.82, 2.24) is 14.5 Å². The molecule has 0 amide bonds. The number of hydrogen-bond acceptors (Lipinski definition) is 3. The third kappa shape index (κ3) is 5.31. The van der Waals surface area contributed by atoms with Crippen molar-refractivity contribution in [3.8, 4) is 61.7 Å². The summed E-state index contributed by atoms with van der Waals surface area (Å²) in [5.41, 5.74) is 14.6. The Hall–Kier alpha value is -7.56. The molecule has 4 nitrogen and oxygen atoms in total. The third-order valence-electron chi connectivity index (χ3n) is 10.8. The fourth-order valence-electron chi connectivity index (χ4n) is 8.16. The molecule has 0 aliphatic rings. The maximum absolute atomic E-state index is 6.34. The molecule has 0 atom stereocenters. The van der Waals surface area contributed by atoms with Gasteiger partial charge in [-0.3, -0.25) is 4.57 Å². The first kappa shape index (κ1) is 31.9. The molecule has 8 aromatic carbocycles. The van der Waals surface area contributed by atoms with Gasteiger partial charge in [0, 0.05) is 38.5 Å². The Kier molecular flexibility index (Phi) is 7.46. The van der Waals surface area contributed by atoms with Gasteiger partial charge in [0.2, 0.25) is 0 Å². The van der Waals surface area contributed by atoms with Gasteiger partial charge in [-0.05, 0) is 64.2 Å². The summed E-state index contributed by atoms with van der Waals surface area (Å²) < 4.78 is 8.60. The summed E-state index contributed by atoms with van der Waals surface area (Å²) >= 11 is 0. The number of furan rings is 1. The number of para-hydroxylation sites is 4. The Bertz CT molecular complexity index is 3230. The lowest BCUT2D eigenvalue weighted by Crippen LogP contribution is -1.99. The highest BCUT2D eigenvalue weighted by Crippen LogP contribution is 2.40. The van der Waals surface area contributed by atoms with E-state index in [-0.39, 0.29) is 0 Å². The van der Waals surface area contributed by atoms with Crippen molar-refractivity contribution in [1.29, 1.82) is 0 Å². The van der Waals surface area contributed by atoms with Crippen molar-refractivity contribution in [2.75, 3.05) is 0 Å². The highest BCUT2D eigenvalue weighted by Gasteiger charge is 2.21. The molecule has 0 N–H and O–H groups in total. The molecule has 0 saturated carbocycles. The monoisotopic (exact) mass is 715 g/mol. The van der Waals surface area contributed by atoms with E-state index in [0.29, 0.717) is 5.82 Å². The molecule has 0 aliphatic carbocycles. The first-order chi connectivity index (χ1) is 27.8. The lowest BCUT2D eigenvalue weighted by molar-refractivity contribution is 0.670. The van der Waals surface area contributed by atoms with Gasteiger partial charge in [0.25, 0.3) is 0 Å². The second kappa shape index (κ2) is 13.1. The van der Waals surface area contributed by atoms with E-state index in [9.17, 15) is 0 Å². The van der Waals surface area contributed by atoms with Gasteiger partial charge in [0.05, 0.1) is 16.6 Å². The van der Waals surface area contributed by atoms with Crippen LogP contribution in [0.25, 0.3) is 106 Å². The van der Waals surface area contributed by atoms with Gasteiger partial charge in [0.1, 0.15) is 16.8 Å². The van der Waals surface area contributed by atoms with Crippen molar-refractivity contribution in [2.45, 2.75) is 0 Å². The average Bonchev–Trinajstić information content (AvgIpc) is 3.83. The van der Waals surface area contributed by atoms with Gasteiger partial charge in [0.15, 0.2) is 5.82 Å². The molecule has 56 heavy (non-hydrogen) atoms. The predicted octanol–water partition coefficient (Wildman–Crippen LogP) is 13.8. The van der Waals surface area contributed by atoms with E-state index < -0.39 is 0 Å². The Morgan fingerprint density at radius 3 is 1.75 bits per heavy atom. The summed E-state index contributed by atoms with van der Waals surface area (Å²) in [6.45, 7) is 0. The first-order valence-electron chi connectivity index (χ1n) is 18.9. The van der Waals surface area contributed by atoms with Crippen LogP contribution in [-0.4, -0.2) is 14.5 Å². The smallest absolute Gasteiger partial charge is 0.162 e. The highest BCUT2D eigenvalue weighted by molar-refractivity contribution is 6.14. The molecule has 0 radical (unpaired) electrons. The molecule has 3 heterocycles. The topological polar surface area (TPSA) is 43.9 Å². The van der Waals surface area contributed by atoms with Crippen LogP contribution in [0.1, 0.15) is 0 Å². The van der Waals surface area contributed by atoms with E-state index in [2.05, 4.69) is 180 Å². The minimum atomic E-state index is 0.685. The quantitative estimate of drug-likeness (QED) is 0.172. The lowest BCUT2D eigenvalue weighted by atomic mass is 9.96. The maximum Gasteiger partial charge on any atom is 0.162 e. The van der Waals surface area contributed by atoms with Crippen LogP contribution in [0.15, 0.2) is 205 Å². The molecule has 262 valence electrons. The van der Waals surface area contributed by atoms with Gasteiger partial charge in [-0.2, -0.15) is 0 Å². The fraction of sp³-hybridized carbons (Fsp3) is 0. The molecule has 3 aromatic heterocycles. The summed E-state index contributed by atoms with van der Waals surface area (Å²) in [7, 11) is 0. The van der Waals surface area contributed by atoms with Gasteiger partial charge >= 0.3 is 0 Å². The standard InChI is InChI=1S/C52H33N3O/c1-3-14-36(15-4-1)49-48-45-23-7-9-26-46(45)55(41-20-5-2-6-21-41)52(48)54-51(53-49)40-19-12-18-39(33-40)38-17-11-16-37(32-38)34-28-30-35(31-29-34)42-24-13-25-44-43-22-8-10-27-47(43)56-50(42)44/h1-33H. The minimum absolute atomic E-state index is 0.685. The predicted molar refractivity (Wildman–Crippen MR) is 231 cm³/mol. The molecule has 0 aliphatic heterocycles. The third-order valence-corrected chi connectivity index (χ3v) is 10.8. The van der Waals surface area contributed by atoms with Gasteiger partial charge in [-0.25, -0.2) is 9.97 Å². The summed E-state index contributed by atoms with van der Waals surface area (Å²) in [5, 5.41) is 4.45. The number of hydrogen-bond donors (Lipinski definition) is 0. The Labute approximate surface area is 323 Å². The number of nitrogens with zero attached hydrogens (tertiary/aromatic N) is 3. The molecule has 0 bridgehead atoms. The normalized spacial score (nSPS) is 11.6. The van der Waals surface area contributed by atoms with E-state index in [0.717, 1.165) is 99.8 Å². The summed E-state index contributed by atoms with van der Waals surface area (Å²) in [5.74, 6) is 0.685. The highest BCUT2D eigenvalue weighted by atomic mass is 16.3. The van der Waals surface area contributed by atoms with Crippen LogP contribution in [0.4, 0.5) is 0 Å². The molecular formula is C52H33N3O. The van der Waals surface area contributed by atoms with Crippen LogP contribution in [0.5, 0.6) is 0 Å². The van der Waals surface area contributed by atoms with Crippen LogP contribution in [0.2, 0.25) is 0 Å². The van der Waals surface area contributed by atoms with E-state index >= 15 is 0 Å². The molecule has 4 heteroatoms. The van der Waals surface area contributed by atoms with Crippen molar-refractivity contribution in [3.63, 3.8) is 0 Å². The minimum Gasteiger partial charge on any atom is -0.455 e. The fourth-order valence-corrected chi connectivity index (χ4v) is 8.16.